The molecule has 0 spiro atoms. The number of anilines is 2. The summed E-state index contributed by atoms with van der Waals surface area (Å²) in [5.41, 5.74) is 3.25. The predicted molar refractivity (Wildman–Crippen MR) is 91.2 cm³/mol. The second-order valence-electron chi connectivity index (χ2n) is 5.35. The summed E-state index contributed by atoms with van der Waals surface area (Å²) in [6, 6.07) is 14.9. The lowest BCUT2D eigenvalue weighted by molar-refractivity contribution is 0.454. The van der Waals surface area contributed by atoms with Crippen molar-refractivity contribution < 1.29 is 5.11 Å². The molecule has 116 valence electrons. The minimum Gasteiger partial charge on any atom is -0.493 e. The van der Waals surface area contributed by atoms with Gasteiger partial charge in [-0.05, 0) is 42.7 Å². The van der Waals surface area contributed by atoms with Crippen LogP contribution in [0.25, 0.3) is 11.1 Å². The van der Waals surface area contributed by atoms with E-state index in [2.05, 4.69) is 15.3 Å². The molecule has 1 heterocycles. The molecule has 5 nitrogen and oxygen atoms in total. The summed E-state index contributed by atoms with van der Waals surface area (Å²) in [6.07, 6.45) is 0. The van der Waals surface area contributed by atoms with Gasteiger partial charge in [0.25, 0.3) is 5.56 Å². The molecule has 3 aromatic rings. The lowest BCUT2D eigenvalue weighted by Gasteiger charge is -2.11. The lowest BCUT2D eigenvalue weighted by atomic mass is 9.98. The van der Waals surface area contributed by atoms with Crippen LogP contribution in [-0.4, -0.2) is 15.1 Å². The van der Waals surface area contributed by atoms with Crippen LogP contribution in [0.1, 0.15) is 11.1 Å². The Morgan fingerprint density at radius 2 is 1.78 bits per heavy atom. The highest BCUT2D eigenvalue weighted by molar-refractivity contribution is 5.72. The van der Waals surface area contributed by atoms with Crippen molar-refractivity contribution in [1.29, 1.82) is 0 Å². The summed E-state index contributed by atoms with van der Waals surface area (Å²) in [6.45, 7) is 3.88. The zero-order valence-corrected chi connectivity index (χ0v) is 12.9. The zero-order valence-electron chi connectivity index (χ0n) is 12.9. The molecule has 3 N–H and O–H groups in total. The standard InChI is InChI=1S/C18H17N3O2/c1-11-7-6-10-14(12(11)2)15-16(22)20-18(21-17(15)23)19-13-8-4-3-5-9-13/h3-10H,1-2H3,(H3,19,20,21,22,23). The van der Waals surface area contributed by atoms with Crippen LogP contribution >= 0.6 is 0 Å². The van der Waals surface area contributed by atoms with E-state index in [0.29, 0.717) is 5.56 Å². The molecule has 2 aromatic carbocycles. The van der Waals surface area contributed by atoms with Crippen molar-refractivity contribution in [2.45, 2.75) is 13.8 Å². The van der Waals surface area contributed by atoms with Crippen molar-refractivity contribution >= 4 is 11.6 Å². The molecule has 0 aliphatic heterocycles. The Hall–Kier alpha value is -3.08. The number of H-pyrrole nitrogens is 1. The van der Waals surface area contributed by atoms with Gasteiger partial charge in [-0.15, -0.1) is 0 Å². The second kappa shape index (κ2) is 5.96. The van der Waals surface area contributed by atoms with Gasteiger partial charge in [0.05, 0.1) is 0 Å². The minimum atomic E-state index is -0.385. The predicted octanol–water partition coefficient (Wildman–Crippen LogP) is 3.50. The molecule has 0 fully saturated rings. The highest BCUT2D eigenvalue weighted by Gasteiger charge is 2.15. The molecule has 23 heavy (non-hydrogen) atoms. The van der Waals surface area contributed by atoms with Crippen LogP contribution in [0.4, 0.5) is 11.6 Å². The summed E-state index contributed by atoms with van der Waals surface area (Å²) < 4.78 is 0. The van der Waals surface area contributed by atoms with Gasteiger partial charge >= 0.3 is 0 Å². The Kier molecular flexibility index (Phi) is 3.85. The van der Waals surface area contributed by atoms with Crippen LogP contribution in [0.5, 0.6) is 5.88 Å². The first kappa shape index (κ1) is 14.8. The molecule has 5 heteroatoms. The number of rotatable bonds is 3. The second-order valence-corrected chi connectivity index (χ2v) is 5.35. The van der Waals surface area contributed by atoms with Gasteiger partial charge in [-0.25, -0.2) is 0 Å². The maximum Gasteiger partial charge on any atom is 0.264 e. The van der Waals surface area contributed by atoms with Gasteiger partial charge in [0, 0.05) is 5.69 Å². The van der Waals surface area contributed by atoms with Crippen LogP contribution in [0.2, 0.25) is 0 Å². The number of hydrogen-bond acceptors (Lipinski definition) is 4. The van der Waals surface area contributed by atoms with E-state index in [9.17, 15) is 9.90 Å². The largest absolute Gasteiger partial charge is 0.493 e. The van der Waals surface area contributed by atoms with Crippen LogP contribution in [0, 0.1) is 13.8 Å². The van der Waals surface area contributed by atoms with E-state index >= 15 is 0 Å². The van der Waals surface area contributed by atoms with Gasteiger partial charge in [-0.2, -0.15) is 4.98 Å². The summed E-state index contributed by atoms with van der Waals surface area (Å²) in [7, 11) is 0. The number of aromatic amines is 1. The smallest absolute Gasteiger partial charge is 0.264 e. The third-order valence-corrected chi connectivity index (χ3v) is 3.81. The van der Waals surface area contributed by atoms with Crippen molar-refractivity contribution in [3.05, 3.63) is 70.0 Å². The van der Waals surface area contributed by atoms with Crippen LogP contribution in [-0.2, 0) is 0 Å². The topological polar surface area (TPSA) is 78.0 Å². The molecule has 0 saturated carbocycles. The van der Waals surface area contributed by atoms with E-state index in [1.807, 2.05) is 56.3 Å². The fourth-order valence-electron chi connectivity index (χ4n) is 2.44. The zero-order chi connectivity index (χ0) is 16.4. The highest BCUT2D eigenvalue weighted by Crippen LogP contribution is 2.29. The molecule has 0 bridgehead atoms. The van der Waals surface area contributed by atoms with E-state index in [1.165, 1.54) is 0 Å². The third kappa shape index (κ3) is 2.94. The molecule has 0 radical (unpaired) electrons. The van der Waals surface area contributed by atoms with Gasteiger partial charge in [0.15, 0.2) is 0 Å². The average molecular weight is 307 g/mol. The number of aryl methyl sites for hydroxylation is 1. The Labute approximate surface area is 133 Å². The molecular formula is C18H17N3O2. The first-order valence-corrected chi connectivity index (χ1v) is 7.28. The van der Waals surface area contributed by atoms with E-state index in [0.717, 1.165) is 16.8 Å². The highest BCUT2D eigenvalue weighted by atomic mass is 16.3. The van der Waals surface area contributed by atoms with Crippen molar-refractivity contribution in [2.24, 2.45) is 0 Å². The average Bonchev–Trinajstić information content (AvgIpc) is 2.52. The molecule has 3 rings (SSSR count). The van der Waals surface area contributed by atoms with Crippen molar-refractivity contribution in [2.75, 3.05) is 5.32 Å². The van der Waals surface area contributed by atoms with Crippen LogP contribution in [0.15, 0.2) is 53.3 Å². The SMILES string of the molecule is Cc1cccc(-c2c(O)nc(Nc3ccccc3)[nH]c2=O)c1C. The summed E-state index contributed by atoms with van der Waals surface area (Å²) in [5, 5.41) is 13.2. The Morgan fingerprint density at radius 1 is 1.04 bits per heavy atom. The van der Waals surface area contributed by atoms with Crippen LogP contribution in [0.3, 0.4) is 0 Å². The number of benzene rings is 2. The van der Waals surface area contributed by atoms with Crippen molar-refractivity contribution in [1.82, 2.24) is 9.97 Å². The van der Waals surface area contributed by atoms with Crippen molar-refractivity contribution in [3.8, 4) is 17.0 Å². The fourth-order valence-corrected chi connectivity index (χ4v) is 2.44. The normalized spacial score (nSPS) is 10.5. The summed E-state index contributed by atoms with van der Waals surface area (Å²) in [5.74, 6) is -0.0892. The molecule has 0 saturated heterocycles. The molecule has 0 aliphatic carbocycles. The number of aromatic nitrogens is 2. The van der Waals surface area contributed by atoms with Crippen molar-refractivity contribution in [3.63, 3.8) is 0 Å². The minimum absolute atomic E-state index is 0.185. The van der Waals surface area contributed by atoms with Gasteiger partial charge in [-0.1, -0.05) is 36.4 Å². The molecule has 0 aliphatic rings. The quantitative estimate of drug-likeness (QED) is 0.692. The number of nitrogens with one attached hydrogen (secondary N) is 2. The fraction of sp³-hybridized carbons (Fsp3) is 0.111. The summed E-state index contributed by atoms with van der Waals surface area (Å²) in [4.78, 5) is 19.2. The number of nitrogens with zero attached hydrogens (tertiary/aromatic N) is 1. The van der Waals surface area contributed by atoms with Gasteiger partial charge in [-0.3, -0.25) is 9.78 Å². The molecule has 0 amide bonds. The Bertz CT molecular complexity index is 902. The Balaban J connectivity index is 2.05. The van der Waals surface area contributed by atoms with E-state index in [1.54, 1.807) is 6.07 Å². The number of hydrogen-bond donors (Lipinski definition) is 3. The maximum atomic E-state index is 12.4. The third-order valence-electron chi connectivity index (χ3n) is 3.81. The van der Waals surface area contributed by atoms with E-state index in [-0.39, 0.29) is 23.0 Å². The van der Waals surface area contributed by atoms with Gasteiger partial charge in [0.2, 0.25) is 11.8 Å². The first-order valence-electron chi connectivity index (χ1n) is 7.28. The van der Waals surface area contributed by atoms with Gasteiger partial charge < -0.3 is 10.4 Å². The number of aromatic hydroxyl groups is 1. The summed E-state index contributed by atoms with van der Waals surface area (Å²) >= 11 is 0. The molecule has 0 atom stereocenters. The monoisotopic (exact) mass is 307 g/mol. The molecular weight excluding hydrogens is 290 g/mol. The van der Waals surface area contributed by atoms with E-state index < -0.39 is 0 Å². The lowest BCUT2D eigenvalue weighted by Crippen LogP contribution is -2.14. The Morgan fingerprint density at radius 3 is 2.48 bits per heavy atom. The number of para-hydroxylation sites is 1. The molecule has 0 unspecified atom stereocenters. The maximum absolute atomic E-state index is 12.4. The first-order chi connectivity index (χ1) is 11.1. The van der Waals surface area contributed by atoms with Crippen LogP contribution < -0.4 is 10.9 Å². The van der Waals surface area contributed by atoms with Gasteiger partial charge in [0.1, 0.15) is 5.56 Å². The van der Waals surface area contributed by atoms with E-state index in [4.69, 9.17) is 0 Å². The molecule has 1 aromatic heterocycles.